The fourth-order valence-corrected chi connectivity index (χ4v) is 0.820. The molecular weight excluding hydrogens is 142 g/mol. The quantitative estimate of drug-likeness (QED) is 0.617. The maximum atomic E-state index is 5.25. The molecule has 0 atom stereocenters. The average molecular weight is 155 g/mol. The van der Waals surface area contributed by atoms with E-state index in [1.807, 2.05) is 13.2 Å². The van der Waals surface area contributed by atoms with Gasteiger partial charge in [-0.05, 0) is 0 Å². The number of aryl methyl sites for hydroxylation is 1. The van der Waals surface area contributed by atoms with E-state index in [0.29, 0.717) is 19.8 Å². The summed E-state index contributed by atoms with van der Waals surface area (Å²) < 4.78 is 6.95. The van der Waals surface area contributed by atoms with Crippen molar-refractivity contribution in [1.82, 2.24) is 9.78 Å². The third kappa shape index (κ3) is 2.69. The van der Waals surface area contributed by atoms with E-state index in [1.54, 1.807) is 10.9 Å². The SMILES string of the molecule is Cn1cc(COCCN)cn1. The van der Waals surface area contributed by atoms with Crippen molar-refractivity contribution in [2.75, 3.05) is 13.2 Å². The molecule has 0 saturated carbocycles. The van der Waals surface area contributed by atoms with Crippen LogP contribution in [0.3, 0.4) is 0 Å². The fourth-order valence-electron chi connectivity index (χ4n) is 0.820. The van der Waals surface area contributed by atoms with E-state index in [0.717, 1.165) is 5.56 Å². The first-order valence-corrected chi connectivity index (χ1v) is 3.58. The summed E-state index contributed by atoms with van der Waals surface area (Å²) in [6, 6.07) is 0. The van der Waals surface area contributed by atoms with E-state index >= 15 is 0 Å². The maximum Gasteiger partial charge on any atom is 0.0748 e. The van der Waals surface area contributed by atoms with Crippen molar-refractivity contribution in [3.05, 3.63) is 18.0 Å². The lowest BCUT2D eigenvalue weighted by Crippen LogP contribution is -2.07. The Hall–Kier alpha value is -0.870. The molecule has 0 aromatic carbocycles. The minimum absolute atomic E-state index is 0.570. The van der Waals surface area contributed by atoms with Crippen LogP contribution in [-0.2, 0) is 18.4 Å². The number of nitrogens with two attached hydrogens (primary N) is 1. The Bertz CT molecular complexity index is 209. The first-order valence-electron chi connectivity index (χ1n) is 3.58. The molecule has 0 fully saturated rings. The topological polar surface area (TPSA) is 53.1 Å². The highest BCUT2D eigenvalue weighted by Crippen LogP contribution is 1.97. The van der Waals surface area contributed by atoms with Crippen molar-refractivity contribution in [2.24, 2.45) is 12.8 Å². The summed E-state index contributed by atoms with van der Waals surface area (Å²) >= 11 is 0. The third-order valence-corrected chi connectivity index (χ3v) is 1.29. The van der Waals surface area contributed by atoms with Crippen LogP contribution < -0.4 is 5.73 Å². The summed E-state index contributed by atoms with van der Waals surface area (Å²) in [7, 11) is 1.88. The Morgan fingerprint density at radius 3 is 3.09 bits per heavy atom. The molecule has 0 bridgehead atoms. The van der Waals surface area contributed by atoms with Gasteiger partial charge in [-0.1, -0.05) is 0 Å². The molecule has 0 spiro atoms. The van der Waals surface area contributed by atoms with Crippen LogP contribution in [0.1, 0.15) is 5.56 Å². The minimum atomic E-state index is 0.570. The first-order chi connectivity index (χ1) is 5.33. The third-order valence-electron chi connectivity index (χ3n) is 1.29. The zero-order chi connectivity index (χ0) is 8.10. The summed E-state index contributed by atoms with van der Waals surface area (Å²) in [4.78, 5) is 0. The van der Waals surface area contributed by atoms with Crippen LogP contribution in [0.5, 0.6) is 0 Å². The van der Waals surface area contributed by atoms with Gasteiger partial charge >= 0.3 is 0 Å². The normalized spacial score (nSPS) is 10.4. The van der Waals surface area contributed by atoms with Gasteiger partial charge in [-0.15, -0.1) is 0 Å². The Balaban J connectivity index is 2.27. The van der Waals surface area contributed by atoms with E-state index in [9.17, 15) is 0 Å². The van der Waals surface area contributed by atoms with Gasteiger partial charge in [0.1, 0.15) is 0 Å². The van der Waals surface area contributed by atoms with Crippen LogP contribution in [0.4, 0.5) is 0 Å². The van der Waals surface area contributed by atoms with Gasteiger partial charge < -0.3 is 10.5 Å². The van der Waals surface area contributed by atoms with Crippen LogP contribution in [0, 0.1) is 0 Å². The molecule has 1 aromatic rings. The van der Waals surface area contributed by atoms with E-state index in [-0.39, 0.29) is 0 Å². The lowest BCUT2D eigenvalue weighted by Gasteiger charge is -1.97. The zero-order valence-electron chi connectivity index (χ0n) is 6.66. The van der Waals surface area contributed by atoms with Gasteiger partial charge in [-0.3, -0.25) is 4.68 Å². The molecule has 4 nitrogen and oxygen atoms in total. The maximum absolute atomic E-state index is 5.25. The van der Waals surface area contributed by atoms with E-state index in [4.69, 9.17) is 10.5 Å². The van der Waals surface area contributed by atoms with Gasteiger partial charge in [0.25, 0.3) is 0 Å². The molecule has 1 rings (SSSR count). The average Bonchev–Trinajstić information content (AvgIpc) is 2.37. The highest BCUT2D eigenvalue weighted by molar-refractivity contribution is 5.01. The van der Waals surface area contributed by atoms with Crippen molar-refractivity contribution in [3.63, 3.8) is 0 Å². The van der Waals surface area contributed by atoms with E-state index in [2.05, 4.69) is 5.10 Å². The summed E-state index contributed by atoms with van der Waals surface area (Å²) in [5, 5.41) is 4.00. The summed E-state index contributed by atoms with van der Waals surface area (Å²) in [5.74, 6) is 0. The molecule has 2 N–H and O–H groups in total. The predicted molar refractivity (Wildman–Crippen MR) is 41.9 cm³/mol. The van der Waals surface area contributed by atoms with Crippen molar-refractivity contribution in [3.8, 4) is 0 Å². The summed E-state index contributed by atoms with van der Waals surface area (Å²) in [5.41, 5.74) is 6.34. The highest BCUT2D eigenvalue weighted by Gasteiger charge is 1.94. The molecule has 0 aliphatic carbocycles. The number of aromatic nitrogens is 2. The monoisotopic (exact) mass is 155 g/mol. The number of nitrogens with zero attached hydrogens (tertiary/aromatic N) is 2. The molecule has 0 amide bonds. The van der Waals surface area contributed by atoms with Gasteiger partial charge in [-0.2, -0.15) is 5.10 Å². The summed E-state index contributed by atoms with van der Waals surface area (Å²) in [6.07, 6.45) is 3.72. The van der Waals surface area contributed by atoms with Crippen LogP contribution in [0.2, 0.25) is 0 Å². The largest absolute Gasteiger partial charge is 0.375 e. The predicted octanol–water partition coefficient (Wildman–Crippen LogP) is -0.105. The molecule has 0 saturated heterocycles. The van der Waals surface area contributed by atoms with Crippen molar-refractivity contribution < 1.29 is 4.74 Å². The second kappa shape index (κ2) is 4.10. The standard InChI is InChI=1S/C7H13N3O/c1-10-5-7(4-9-10)6-11-3-2-8/h4-5H,2-3,6,8H2,1H3. The lowest BCUT2D eigenvalue weighted by molar-refractivity contribution is 0.128. The van der Waals surface area contributed by atoms with Gasteiger partial charge in [-0.25, -0.2) is 0 Å². The minimum Gasteiger partial charge on any atom is -0.375 e. The van der Waals surface area contributed by atoms with Crippen molar-refractivity contribution >= 4 is 0 Å². The molecule has 0 aliphatic heterocycles. The smallest absolute Gasteiger partial charge is 0.0748 e. The van der Waals surface area contributed by atoms with Gasteiger partial charge in [0.2, 0.25) is 0 Å². The lowest BCUT2D eigenvalue weighted by atomic mass is 10.4. The zero-order valence-corrected chi connectivity index (χ0v) is 6.66. The van der Waals surface area contributed by atoms with Crippen LogP contribution in [0.15, 0.2) is 12.4 Å². The number of hydrogen-bond acceptors (Lipinski definition) is 3. The molecular formula is C7H13N3O. The summed E-state index contributed by atoms with van der Waals surface area (Å²) in [6.45, 7) is 1.78. The molecule has 0 unspecified atom stereocenters. The Morgan fingerprint density at radius 2 is 2.55 bits per heavy atom. The molecule has 62 valence electrons. The Labute approximate surface area is 66.0 Å². The number of hydrogen-bond donors (Lipinski definition) is 1. The first kappa shape index (κ1) is 8.23. The second-order valence-electron chi connectivity index (χ2n) is 2.36. The van der Waals surface area contributed by atoms with Gasteiger partial charge in [0.15, 0.2) is 0 Å². The molecule has 11 heavy (non-hydrogen) atoms. The fraction of sp³-hybridized carbons (Fsp3) is 0.571. The van der Waals surface area contributed by atoms with Crippen LogP contribution >= 0.6 is 0 Å². The van der Waals surface area contributed by atoms with Crippen molar-refractivity contribution in [1.29, 1.82) is 0 Å². The molecule has 4 heteroatoms. The highest BCUT2D eigenvalue weighted by atomic mass is 16.5. The van der Waals surface area contributed by atoms with Gasteiger partial charge in [0.05, 0.1) is 19.4 Å². The molecule has 1 aromatic heterocycles. The van der Waals surface area contributed by atoms with Crippen LogP contribution in [0.25, 0.3) is 0 Å². The Morgan fingerprint density at radius 1 is 1.73 bits per heavy atom. The van der Waals surface area contributed by atoms with E-state index < -0.39 is 0 Å². The Kier molecular flexibility index (Phi) is 3.07. The molecule has 0 radical (unpaired) electrons. The van der Waals surface area contributed by atoms with Crippen LogP contribution in [-0.4, -0.2) is 22.9 Å². The number of rotatable bonds is 4. The number of ether oxygens (including phenoxy) is 1. The second-order valence-corrected chi connectivity index (χ2v) is 2.36. The molecule has 1 heterocycles. The van der Waals surface area contributed by atoms with Gasteiger partial charge in [0, 0.05) is 25.4 Å². The van der Waals surface area contributed by atoms with E-state index in [1.165, 1.54) is 0 Å². The molecule has 0 aliphatic rings. The van der Waals surface area contributed by atoms with Crippen molar-refractivity contribution in [2.45, 2.75) is 6.61 Å².